The molecule has 0 radical (unpaired) electrons. The van der Waals surface area contributed by atoms with Crippen LogP contribution in [0.5, 0.6) is 0 Å². The summed E-state index contributed by atoms with van der Waals surface area (Å²) in [6.07, 6.45) is 6.73. The third-order valence-corrected chi connectivity index (χ3v) is 4.44. The highest BCUT2D eigenvalue weighted by Gasteiger charge is 2.29. The maximum Gasteiger partial charge on any atom is 0.376 e. The molecule has 0 bridgehead atoms. The second-order valence-corrected chi connectivity index (χ2v) is 6.59. The summed E-state index contributed by atoms with van der Waals surface area (Å²) < 4.78 is 21.9. The Morgan fingerprint density at radius 1 is 0.875 bits per heavy atom. The Kier molecular flexibility index (Phi) is 6.69. The van der Waals surface area contributed by atoms with Crippen LogP contribution in [-0.4, -0.2) is 21.8 Å². The van der Waals surface area contributed by atoms with Crippen LogP contribution in [0.25, 0.3) is 0 Å². The molecular weight excluding hydrogens is 414 g/mol. The maximum absolute atomic E-state index is 13.1. The molecule has 4 heterocycles. The van der Waals surface area contributed by atoms with Crippen LogP contribution >= 0.6 is 0 Å². The summed E-state index contributed by atoms with van der Waals surface area (Å²) in [6.45, 7) is 0.170. The average Bonchev–Trinajstić information content (AvgIpc) is 3.56. The Labute approximate surface area is 183 Å². The fourth-order valence-electron chi connectivity index (χ4n) is 2.88. The first-order valence-corrected chi connectivity index (χ1v) is 9.70. The molecule has 0 aliphatic rings. The van der Waals surface area contributed by atoms with Crippen molar-refractivity contribution in [2.75, 3.05) is 0 Å². The summed E-state index contributed by atoms with van der Waals surface area (Å²) in [5.74, 6) is -0.584. The van der Waals surface area contributed by atoms with E-state index < -0.39 is 24.3 Å². The number of furan rings is 2. The molecule has 162 valence electrons. The Balaban J connectivity index is 1.58. The SMILES string of the molecule is O=C(O[C@@H](O[C@@H](C(=O)NCc1ccco1)c1ccncc1)c1ccncc1)c1ccco1. The molecular formula is C23H19N3O6. The van der Waals surface area contributed by atoms with Gasteiger partial charge in [-0.15, -0.1) is 0 Å². The van der Waals surface area contributed by atoms with E-state index in [9.17, 15) is 9.59 Å². The summed E-state index contributed by atoms with van der Waals surface area (Å²) in [6, 6.07) is 13.1. The first kappa shape index (κ1) is 21.0. The molecule has 0 saturated carbocycles. The number of nitrogens with zero attached hydrogens (tertiary/aromatic N) is 2. The van der Waals surface area contributed by atoms with E-state index in [1.165, 1.54) is 31.0 Å². The topological polar surface area (TPSA) is 117 Å². The van der Waals surface area contributed by atoms with Crippen LogP contribution < -0.4 is 5.32 Å². The third kappa shape index (κ3) is 5.27. The number of carbonyl (C=O) groups excluding carboxylic acids is 2. The standard InChI is InChI=1S/C23H19N3O6/c27-21(26-15-18-3-1-13-29-18)20(16-5-9-24-10-6-16)31-23(17-7-11-25-12-8-17)32-22(28)19-4-2-14-30-19/h1-14,20,23H,15H2,(H,26,27)/t20-,23-/m1/s1. The summed E-state index contributed by atoms with van der Waals surface area (Å²) in [7, 11) is 0. The number of hydrogen-bond acceptors (Lipinski definition) is 8. The molecule has 0 spiro atoms. The fraction of sp³-hybridized carbons (Fsp3) is 0.130. The third-order valence-electron chi connectivity index (χ3n) is 4.44. The second-order valence-electron chi connectivity index (χ2n) is 6.59. The van der Waals surface area contributed by atoms with Gasteiger partial charge in [-0.3, -0.25) is 14.8 Å². The number of hydrogen-bond donors (Lipinski definition) is 1. The van der Waals surface area contributed by atoms with Crippen molar-refractivity contribution in [1.29, 1.82) is 0 Å². The first-order valence-electron chi connectivity index (χ1n) is 9.70. The summed E-state index contributed by atoms with van der Waals surface area (Å²) in [5, 5.41) is 2.77. The van der Waals surface area contributed by atoms with Crippen molar-refractivity contribution in [1.82, 2.24) is 15.3 Å². The highest BCUT2D eigenvalue weighted by Crippen LogP contribution is 2.29. The molecule has 2 atom stereocenters. The van der Waals surface area contributed by atoms with Gasteiger partial charge in [0.1, 0.15) is 5.76 Å². The zero-order chi connectivity index (χ0) is 22.2. The largest absolute Gasteiger partial charge is 0.467 e. The normalized spacial score (nSPS) is 12.6. The molecule has 4 aromatic rings. The predicted octanol–water partition coefficient (Wildman–Crippen LogP) is 3.59. The van der Waals surface area contributed by atoms with Crippen molar-refractivity contribution < 1.29 is 27.9 Å². The monoisotopic (exact) mass is 433 g/mol. The quantitative estimate of drug-likeness (QED) is 0.314. The Morgan fingerprint density at radius 2 is 1.53 bits per heavy atom. The lowest BCUT2D eigenvalue weighted by Crippen LogP contribution is -2.32. The second kappa shape index (κ2) is 10.2. The average molecular weight is 433 g/mol. The van der Waals surface area contributed by atoms with E-state index in [1.54, 1.807) is 54.9 Å². The zero-order valence-corrected chi connectivity index (χ0v) is 16.8. The van der Waals surface area contributed by atoms with Gasteiger partial charge >= 0.3 is 5.97 Å². The van der Waals surface area contributed by atoms with Crippen LogP contribution in [-0.2, 0) is 20.8 Å². The number of nitrogens with one attached hydrogen (secondary N) is 1. The molecule has 1 amide bonds. The number of aromatic nitrogens is 2. The molecule has 0 aliphatic carbocycles. The van der Waals surface area contributed by atoms with Crippen molar-refractivity contribution in [2.24, 2.45) is 0 Å². The van der Waals surface area contributed by atoms with Gasteiger partial charge in [0.25, 0.3) is 5.91 Å². The molecule has 0 aromatic carbocycles. The Morgan fingerprint density at radius 3 is 2.16 bits per heavy atom. The van der Waals surface area contributed by atoms with Crippen LogP contribution in [0.1, 0.15) is 39.8 Å². The van der Waals surface area contributed by atoms with Gasteiger partial charge in [0, 0.05) is 30.4 Å². The molecule has 0 aliphatic heterocycles. The molecule has 9 nitrogen and oxygen atoms in total. The van der Waals surface area contributed by atoms with E-state index in [-0.39, 0.29) is 12.3 Å². The number of amides is 1. The molecule has 0 unspecified atom stereocenters. The number of esters is 1. The fourth-order valence-corrected chi connectivity index (χ4v) is 2.88. The Hall–Kier alpha value is -4.24. The van der Waals surface area contributed by atoms with E-state index in [4.69, 9.17) is 18.3 Å². The minimum atomic E-state index is -1.21. The van der Waals surface area contributed by atoms with Crippen LogP contribution in [0.2, 0.25) is 0 Å². The minimum absolute atomic E-state index is 0.00962. The van der Waals surface area contributed by atoms with Gasteiger partial charge in [-0.2, -0.15) is 0 Å². The number of pyridine rings is 2. The number of ether oxygens (including phenoxy) is 2. The number of rotatable bonds is 9. The van der Waals surface area contributed by atoms with Crippen LogP contribution in [0, 0.1) is 0 Å². The molecule has 32 heavy (non-hydrogen) atoms. The van der Waals surface area contributed by atoms with Gasteiger partial charge in [0.05, 0.1) is 19.1 Å². The predicted molar refractivity (Wildman–Crippen MR) is 110 cm³/mol. The van der Waals surface area contributed by atoms with E-state index in [2.05, 4.69) is 15.3 Å². The van der Waals surface area contributed by atoms with Crippen LogP contribution in [0.4, 0.5) is 0 Å². The molecule has 1 N–H and O–H groups in total. The minimum Gasteiger partial charge on any atom is -0.467 e. The lowest BCUT2D eigenvalue weighted by atomic mass is 10.1. The van der Waals surface area contributed by atoms with E-state index in [0.29, 0.717) is 16.9 Å². The van der Waals surface area contributed by atoms with Crippen LogP contribution in [0.3, 0.4) is 0 Å². The highest BCUT2D eigenvalue weighted by atomic mass is 16.7. The van der Waals surface area contributed by atoms with Crippen LogP contribution in [0.15, 0.2) is 94.7 Å². The van der Waals surface area contributed by atoms with Gasteiger partial charge in [-0.05, 0) is 54.1 Å². The summed E-state index contributed by atoms with van der Waals surface area (Å²) in [5.41, 5.74) is 1.03. The molecule has 0 saturated heterocycles. The van der Waals surface area contributed by atoms with Crippen molar-refractivity contribution in [3.8, 4) is 0 Å². The first-order chi connectivity index (χ1) is 15.7. The summed E-state index contributed by atoms with van der Waals surface area (Å²) >= 11 is 0. The smallest absolute Gasteiger partial charge is 0.376 e. The van der Waals surface area contributed by atoms with E-state index in [1.807, 2.05) is 0 Å². The van der Waals surface area contributed by atoms with Gasteiger partial charge in [0.15, 0.2) is 6.10 Å². The molecule has 9 heteroatoms. The maximum atomic E-state index is 13.1. The van der Waals surface area contributed by atoms with Gasteiger partial charge < -0.3 is 23.6 Å². The number of carbonyl (C=O) groups is 2. The molecule has 4 aromatic heterocycles. The van der Waals surface area contributed by atoms with Crippen molar-refractivity contribution in [3.05, 3.63) is 108 Å². The lowest BCUT2D eigenvalue weighted by Gasteiger charge is -2.24. The van der Waals surface area contributed by atoms with Gasteiger partial charge in [-0.25, -0.2) is 4.79 Å². The highest BCUT2D eigenvalue weighted by molar-refractivity contribution is 5.86. The molecule has 0 fully saturated rings. The van der Waals surface area contributed by atoms with Crippen molar-refractivity contribution in [2.45, 2.75) is 18.9 Å². The Bertz CT molecular complexity index is 1120. The molecule has 4 rings (SSSR count). The van der Waals surface area contributed by atoms with Gasteiger partial charge in [0.2, 0.25) is 12.1 Å². The van der Waals surface area contributed by atoms with E-state index in [0.717, 1.165) is 0 Å². The lowest BCUT2D eigenvalue weighted by molar-refractivity contribution is -0.167. The van der Waals surface area contributed by atoms with Gasteiger partial charge in [-0.1, -0.05) is 0 Å². The van der Waals surface area contributed by atoms with Crippen molar-refractivity contribution in [3.63, 3.8) is 0 Å². The zero-order valence-electron chi connectivity index (χ0n) is 16.8. The summed E-state index contributed by atoms with van der Waals surface area (Å²) in [4.78, 5) is 33.5. The van der Waals surface area contributed by atoms with E-state index >= 15 is 0 Å². The van der Waals surface area contributed by atoms with Crippen molar-refractivity contribution >= 4 is 11.9 Å².